The van der Waals surface area contributed by atoms with Crippen molar-refractivity contribution in [1.82, 2.24) is 15.0 Å². The first-order valence-electron chi connectivity index (χ1n) is 5.24. The third-order valence-corrected chi connectivity index (χ3v) is 2.58. The highest BCUT2D eigenvalue weighted by molar-refractivity contribution is 6.29. The van der Waals surface area contributed by atoms with E-state index in [0.717, 1.165) is 6.07 Å². The topological polar surface area (TPSA) is 58.9 Å². The summed E-state index contributed by atoms with van der Waals surface area (Å²) < 4.78 is 13.6. The molecule has 2 heterocycles. The number of rotatable bonds is 2. The Labute approximate surface area is 109 Å². The van der Waals surface area contributed by atoms with Gasteiger partial charge in [0, 0.05) is 12.3 Å². The van der Waals surface area contributed by atoms with E-state index in [2.05, 4.69) is 15.0 Å². The molecule has 0 aromatic carbocycles. The van der Waals surface area contributed by atoms with Crippen LogP contribution in [0.25, 0.3) is 11.3 Å². The number of aromatic nitrogens is 3. The van der Waals surface area contributed by atoms with Crippen LogP contribution in [0.1, 0.15) is 19.5 Å². The number of pyridine rings is 1. The largest absolute Gasteiger partial charge is 0.384 e. The summed E-state index contributed by atoms with van der Waals surface area (Å²) in [7, 11) is 0. The Balaban J connectivity index is 2.41. The second kappa shape index (κ2) is 4.59. The minimum absolute atomic E-state index is 0.0809. The molecule has 94 valence electrons. The zero-order valence-corrected chi connectivity index (χ0v) is 10.6. The van der Waals surface area contributed by atoms with E-state index in [0.29, 0.717) is 11.4 Å². The Morgan fingerprint density at radius 3 is 2.39 bits per heavy atom. The summed E-state index contributed by atoms with van der Waals surface area (Å²) in [6.07, 6.45) is 4.09. The van der Waals surface area contributed by atoms with Crippen LogP contribution in [0.3, 0.4) is 0 Å². The Kier molecular flexibility index (Phi) is 3.28. The highest BCUT2D eigenvalue weighted by atomic mass is 35.5. The van der Waals surface area contributed by atoms with Crippen molar-refractivity contribution in [3.05, 3.63) is 41.3 Å². The van der Waals surface area contributed by atoms with Gasteiger partial charge >= 0.3 is 0 Å². The molecule has 2 aromatic heterocycles. The molecule has 0 aliphatic carbocycles. The van der Waals surface area contributed by atoms with Crippen molar-refractivity contribution in [2.45, 2.75) is 19.4 Å². The van der Waals surface area contributed by atoms with E-state index in [-0.39, 0.29) is 10.7 Å². The van der Waals surface area contributed by atoms with Crippen molar-refractivity contribution in [1.29, 1.82) is 0 Å². The fraction of sp³-hybridized carbons (Fsp3) is 0.250. The molecule has 0 unspecified atom stereocenters. The SMILES string of the molecule is CC(C)(O)c1cnc(-c2cnc(Cl)cc2F)cn1. The van der Waals surface area contributed by atoms with Crippen molar-refractivity contribution < 1.29 is 9.50 Å². The van der Waals surface area contributed by atoms with E-state index < -0.39 is 11.4 Å². The Morgan fingerprint density at radius 1 is 1.17 bits per heavy atom. The van der Waals surface area contributed by atoms with Crippen LogP contribution in [0.4, 0.5) is 4.39 Å². The third-order valence-electron chi connectivity index (χ3n) is 2.37. The zero-order valence-electron chi connectivity index (χ0n) is 9.85. The quantitative estimate of drug-likeness (QED) is 0.850. The number of hydrogen-bond acceptors (Lipinski definition) is 4. The van der Waals surface area contributed by atoms with Gasteiger partial charge in [-0.25, -0.2) is 9.37 Å². The van der Waals surface area contributed by atoms with E-state index in [1.54, 1.807) is 13.8 Å². The molecule has 2 rings (SSSR count). The molecule has 0 aliphatic heterocycles. The molecular formula is C12H11ClFN3O. The predicted octanol–water partition coefficient (Wildman–Crippen LogP) is 2.56. The van der Waals surface area contributed by atoms with Crippen molar-refractivity contribution in [2.75, 3.05) is 0 Å². The van der Waals surface area contributed by atoms with Gasteiger partial charge in [-0.2, -0.15) is 0 Å². The van der Waals surface area contributed by atoms with E-state index in [1.165, 1.54) is 18.6 Å². The normalized spacial score (nSPS) is 11.6. The van der Waals surface area contributed by atoms with Gasteiger partial charge in [-0.3, -0.25) is 9.97 Å². The van der Waals surface area contributed by atoms with Crippen LogP contribution >= 0.6 is 11.6 Å². The molecule has 1 N–H and O–H groups in total. The average Bonchev–Trinajstić information content (AvgIpc) is 2.28. The van der Waals surface area contributed by atoms with Crippen LogP contribution in [-0.2, 0) is 5.60 Å². The summed E-state index contributed by atoms with van der Waals surface area (Å²) >= 11 is 5.57. The van der Waals surface area contributed by atoms with Crippen LogP contribution in [0.5, 0.6) is 0 Å². The number of aliphatic hydroxyl groups is 1. The van der Waals surface area contributed by atoms with E-state index in [9.17, 15) is 9.50 Å². The van der Waals surface area contributed by atoms with Crippen LogP contribution in [0.15, 0.2) is 24.7 Å². The fourth-order valence-corrected chi connectivity index (χ4v) is 1.52. The van der Waals surface area contributed by atoms with Crippen molar-refractivity contribution in [3.63, 3.8) is 0 Å². The van der Waals surface area contributed by atoms with Crippen LogP contribution < -0.4 is 0 Å². The summed E-state index contributed by atoms with van der Waals surface area (Å²) in [6.45, 7) is 3.20. The number of nitrogens with zero attached hydrogens (tertiary/aromatic N) is 3. The standard InChI is InChI=1S/C12H11ClFN3O/c1-12(2,18)10-6-15-9(5-16-10)7-4-17-11(13)3-8(7)14/h3-6,18H,1-2H3. The first-order valence-corrected chi connectivity index (χ1v) is 5.62. The smallest absolute Gasteiger partial charge is 0.137 e. The summed E-state index contributed by atoms with van der Waals surface area (Å²) in [4.78, 5) is 11.9. The summed E-state index contributed by atoms with van der Waals surface area (Å²) in [5, 5.41) is 9.82. The highest BCUT2D eigenvalue weighted by Crippen LogP contribution is 2.23. The molecule has 0 amide bonds. The van der Waals surface area contributed by atoms with Gasteiger partial charge < -0.3 is 5.11 Å². The van der Waals surface area contributed by atoms with Gasteiger partial charge in [0.1, 0.15) is 16.6 Å². The van der Waals surface area contributed by atoms with Crippen LogP contribution in [0.2, 0.25) is 5.15 Å². The maximum atomic E-state index is 13.6. The van der Waals surface area contributed by atoms with Crippen molar-refractivity contribution in [2.24, 2.45) is 0 Å². The molecule has 4 nitrogen and oxygen atoms in total. The van der Waals surface area contributed by atoms with E-state index >= 15 is 0 Å². The highest BCUT2D eigenvalue weighted by Gasteiger charge is 2.18. The maximum Gasteiger partial charge on any atom is 0.137 e. The van der Waals surface area contributed by atoms with Crippen LogP contribution in [0, 0.1) is 5.82 Å². The molecule has 0 radical (unpaired) electrons. The van der Waals surface area contributed by atoms with Gasteiger partial charge in [0.25, 0.3) is 0 Å². The molecule has 6 heteroatoms. The van der Waals surface area contributed by atoms with Gasteiger partial charge in [0.05, 0.1) is 29.3 Å². The molecule has 0 atom stereocenters. The Morgan fingerprint density at radius 2 is 1.89 bits per heavy atom. The second-order valence-corrected chi connectivity index (χ2v) is 4.72. The average molecular weight is 268 g/mol. The molecule has 0 spiro atoms. The van der Waals surface area contributed by atoms with Crippen molar-refractivity contribution in [3.8, 4) is 11.3 Å². The van der Waals surface area contributed by atoms with Crippen LogP contribution in [-0.4, -0.2) is 20.1 Å². The lowest BCUT2D eigenvalue weighted by Gasteiger charge is -2.15. The minimum atomic E-state index is -1.08. The molecule has 0 fully saturated rings. The fourth-order valence-electron chi connectivity index (χ4n) is 1.38. The monoisotopic (exact) mass is 267 g/mol. The summed E-state index contributed by atoms with van der Waals surface area (Å²) in [5.41, 5.74) is -0.116. The predicted molar refractivity (Wildman–Crippen MR) is 65.5 cm³/mol. The minimum Gasteiger partial charge on any atom is -0.384 e. The molecule has 0 saturated heterocycles. The van der Waals surface area contributed by atoms with Gasteiger partial charge in [-0.1, -0.05) is 11.6 Å². The molecule has 2 aromatic rings. The van der Waals surface area contributed by atoms with Gasteiger partial charge in [-0.15, -0.1) is 0 Å². The second-order valence-electron chi connectivity index (χ2n) is 4.33. The third kappa shape index (κ3) is 2.63. The lowest BCUT2D eigenvalue weighted by molar-refractivity contribution is 0.0734. The first kappa shape index (κ1) is 12.9. The first-order chi connectivity index (χ1) is 8.38. The van der Waals surface area contributed by atoms with Gasteiger partial charge in [0.15, 0.2) is 0 Å². The molecule has 18 heavy (non-hydrogen) atoms. The van der Waals surface area contributed by atoms with Gasteiger partial charge in [0.2, 0.25) is 0 Å². The zero-order chi connectivity index (χ0) is 13.3. The molecule has 0 saturated carbocycles. The van der Waals surface area contributed by atoms with Gasteiger partial charge in [-0.05, 0) is 13.8 Å². The lowest BCUT2D eigenvalue weighted by Crippen LogP contribution is -2.17. The van der Waals surface area contributed by atoms with E-state index in [1.807, 2.05) is 0 Å². The van der Waals surface area contributed by atoms with E-state index in [4.69, 9.17) is 11.6 Å². The summed E-state index contributed by atoms with van der Waals surface area (Å²) in [5.74, 6) is -0.514. The lowest BCUT2D eigenvalue weighted by atomic mass is 10.1. The maximum absolute atomic E-state index is 13.6. The molecule has 0 bridgehead atoms. The Bertz CT molecular complexity index is 567. The van der Waals surface area contributed by atoms with Crippen molar-refractivity contribution >= 4 is 11.6 Å². The Hall–Kier alpha value is -1.59. The summed E-state index contributed by atoms with van der Waals surface area (Å²) in [6, 6.07) is 1.11. The number of hydrogen-bond donors (Lipinski definition) is 1. The molecular weight excluding hydrogens is 257 g/mol. The number of halogens is 2. The molecule has 0 aliphatic rings.